The molecule has 1 amide bonds. The van der Waals surface area contributed by atoms with E-state index in [0.29, 0.717) is 6.41 Å². The standard InChI is InChI=1S/C10H9N3O/c14-7-12-11-6-9-5-8-3-1-2-4-10(8)13-9/h1-7,13H,(H,12,14)/b11-6+. The molecule has 4 nitrogen and oxygen atoms in total. The van der Waals surface area contributed by atoms with Crippen LogP contribution in [-0.2, 0) is 4.79 Å². The number of hydrogen-bond donors (Lipinski definition) is 2. The third-order valence-electron chi connectivity index (χ3n) is 1.88. The van der Waals surface area contributed by atoms with Gasteiger partial charge in [-0.3, -0.25) is 4.79 Å². The SMILES string of the molecule is O=CN/N=C/c1cc2ccccc2[nH]1. The minimum absolute atomic E-state index is 0.527. The average molecular weight is 187 g/mol. The number of nitrogens with zero attached hydrogens (tertiary/aromatic N) is 1. The molecule has 0 atom stereocenters. The molecule has 0 radical (unpaired) electrons. The molecule has 1 heterocycles. The van der Waals surface area contributed by atoms with E-state index in [-0.39, 0.29) is 0 Å². The monoisotopic (exact) mass is 187 g/mol. The summed E-state index contributed by atoms with van der Waals surface area (Å²) >= 11 is 0. The van der Waals surface area contributed by atoms with Gasteiger partial charge in [-0.1, -0.05) is 18.2 Å². The molecule has 70 valence electrons. The Balaban J connectivity index is 2.31. The van der Waals surface area contributed by atoms with Crippen molar-refractivity contribution in [3.05, 3.63) is 36.0 Å². The topological polar surface area (TPSA) is 57.2 Å². The highest BCUT2D eigenvalue weighted by Crippen LogP contribution is 2.12. The normalized spacial score (nSPS) is 10.9. The van der Waals surface area contributed by atoms with Crippen LogP contribution < -0.4 is 5.43 Å². The van der Waals surface area contributed by atoms with Crippen LogP contribution in [0.15, 0.2) is 35.4 Å². The van der Waals surface area contributed by atoms with Crippen LogP contribution in [0.1, 0.15) is 5.69 Å². The number of hydrazone groups is 1. The number of fused-ring (bicyclic) bond motifs is 1. The Bertz CT molecular complexity index is 440. The third-order valence-corrected chi connectivity index (χ3v) is 1.88. The first-order chi connectivity index (χ1) is 6.90. The van der Waals surface area contributed by atoms with E-state index in [1.165, 1.54) is 0 Å². The molecule has 1 aromatic carbocycles. The summed E-state index contributed by atoms with van der Waals surface area (Å²) in [4.78, 5) is 13.1. The fourth-order valence-corrected chi connectivity index (χ4v) is 1.30. The van der Waals surface area contributed by atoms with Gasteiger partial charge in [-0.25, -0.2) is 5.43 Å². The molecule has 2 N–H and O–H groups in total. The number of hydrogen-bond acceptors (Lipinski definition) is 2. The third kappa shape index (κ3) is 1.64. The lowest BCUT2D eigenvalue weighted by atomic mass is 10.2. The van der Waals surface area contributed by atoms with Crippen molar-refractivity contribution in [2.45, 2.75) is 0 Å². The molecular formula is C10H9N3O. The van der Waals surface area contributed by atoms with Gasteiger partial charge in [-0.15, -0.1) is 0 Å². The van der Waals surface area contributed by atoms with E-state index in [4.69, 9.17) is 0 Å². The van der Waals surface area contributed by atoms with Crippen molar-refractivity contribution in [3.63, 3.8) is 0 Å². The van der Waals surface area contributed by atoms with Crippen molar-refractivity contribution < 1.29 is 4.79 Å². The molecule has 2 rings (SSSR count). The number of rotatable bonds is 3. The lowest BCUT2D eigenvalue weighted by molar-refractivity contribution is -0.109. The quantitative estimate of drug-likeness (QED) is 0.424. The minimum Gasteiger partial charge on any atom is -0.354 e. The molecular weight excluding hydrogens is 178 g/mol. The van der Waals surface area contributed by atoms with E-state index in [2.05, 4.69) is 15.5 Å². The summed E-state index contributed by atoms with van der Waals surface area (Å²) in [5, 5.41) is 4.81. The van der Waals surface area contributed by atoms with Crippen molar-refractivity contribution in [1.29, 1.82) is 0 Å². The van der Waals surface area contributed by atoms with Crippen molar-refractivity contribution in [2.75, 3.05) is 0 Å². The molecule has 0 saturated heterocycles. The summed E-state index contributed by atoms with van der Waals surface area (Å²) in [7, 11) is 0. The van der Waals surface area contributed by atoms with Gasteiger partial charge < -0.3 is 4.98 Å². The summed E-state index contributed by atoms with van der Waals surface area (Å²) in [6.45, 7) is 0. The van der Waals surface area contributed by atoms with Crippen molar-refractivity contribution >= 4 is 23.5 Å². The number of carbonyl (C=O) groups is 1. The van der Waals surface area contributed by atoms with Gasteiger partial charge in [0.2, 0.25) is 6.41 Å². The van der Waals surface area contributed by atoms with E-state index < -0.39 is 0 Å². The lowest BCUT2D eigenvalue weighted by Gasteiger charge is -1.85. The van der Waals surface area contributed by atoms with Crippen molar-refractivity contribution in [3.8, 4) is 0 Å². The lowest BCUT2D eigenvalue weighted by Crippen LogP contribution is -2.00. The van der Waals surface area contributed by atoms with Gasteiger partial charge in [0.15, 0.2) is 0 Å². The molecule has 2 aromatic rings. The van der Waals surface area contributed by atoms with E-state index in [0.717, 1.165) is 16.6 Å². The van der Waals surface area contributed by atoms with Gasteiger partial charge in [0.05, 0.1) is 11.9 Å². The highest BCUT2D eigenvalue weighted by Gasteiger charge is 1.95. The molecule has 0 fully saturated rings. The number of nitrogens with one attached hydrogen (secondary N) is 2. The van der Waals surface area contributed by atoms with Gasteiger partial charge >= 0.3 is 0 Å². The van der Waals surface area contributed by atoms with Gasteiger partial charge in [0.25, 0.3) is 0 Å². The molecule has 0 spiro atoms. The fourth-order valence-electron chi connectivity index (χ4n) is 1.30. The number of aromatic nitrogens is 1. The predicted octanol–water partition coefficient (Wildman–Crippen LogP) is 1.25. The van der Waals surface area contributed by atoms with Crippen LogP contribution in [0, 0.1) is 0 Å². The van der Waals surface area contributed by atoms with Crippen molar-refractivity contribution in [1.82, 2.24) is 10.4 Å². The second-order valence-corrected chi connectivity index (χ2v) is 2.82. The first-order valence-electron chi connectivity index (χ1n) is 4.20. The molecule has 0 aliphatic heterocycles. The molecule has 1 aromatic heterocycles. The second kappa shape index (κ2) is 3.74. The Kier molecular flexibility index (Phi) is 2.27. The zero-order valence-electron chi connectivity index (χ0n) is 7.40. The molecule has 4 heteroatoms. The summed E-state index contributed by atoms with van der Waals surface area (Å²) in [6.07, 6.45) is 2.09. The molecule has 0 saturated carbocycles. The zero-order valence-corrected chi connectivity index (χ0v) is 7.40. The number of benzene rings is 1. The first-order valence-corrected chi connectivity index (χ1v) is 4.20. The van der Waals surface area contributed by atoms with E-state index >= 15 is 0 Å². The summed E-state index contributed by atoms with van der Waals surface area (Å²) in [6, 6.07) is 9.89. The van der Waals surface area contributed by atoms with Crippen LogP contribution in [0.3, 0.4) is 0 Å². The van der Waals surface area contributed by atoms with E-state index in [1.807, 2.05) is 30.3 Å². The Morgan fingerprint density at radius 2 is 2.21 bits per heavy atom. The predicted molar refractivity (Wildman–Crippen MR) is 55.1 cm³/mol. The Labute approximate surface area is 80.6 Å². The number of amides is 1. The Morgan fingerprint density at radius 1 is 1.36 bits per heavy atom. The van der Waals surface area contributed by atoms with Gasteiger partial charge in [0.1, 0.15) is 0 Å². The molecule has 0 aliphatic rings. The minimum atomic E-state index is 0.527. The Morgan fingerprint density at radius 3 is 3.00 bits per heavy atom. The van der Waals surface area contributed by atoms with Crippen LogP contribution in [0.25, 0.3) is 10.9 Å². The van der Waals surface area contributed by atoms with Crippen LogP contribution in [-0.4, -0.2) is 17.6 Å². The number of para-hydroxylation sites is 1. The van der Waals surface area contributed by atoms with Crippen LogP contribution in [0.4, 0.5) is 0 Å². The maximum absolute atomic E-state index is 9.93. The van der Waals surface area contributed by atoms with Crippen LogP contribution in [0.5, 0.6) is 0 Å². The van der Waals surface area contributed by atoms with E-state index in [1.54, 1.807) is 6.21 Å². The average Bonchev–Trinajstić information content (AvgIpc) is 2.60. The van der Waals surface area contributed by atoms with Crippen LogP contribution >= 0.6 is 0 Å². The number of H-pyrrole nitrogens is 1. The van der Waals surface area contributed by atoms with E-state index in [9.17, 15) is 4.79 Å². The Hall–Kier alpha value is -2.10. The molecule has 14 heavy (non-hydrogen) atoms. The van der Waals surface area contributed by atoms with Gasteiger partial charge in [-0.2, -0.15) is 5.10 Å². The summed E-state index contributed by atoms with van der Waals surface area (Å²) in [5.74, 6) is 0. The highest BCUT2D eigenvalue weighted by molar-refractivity contribution is 5.89. The largest absolute Gasteiger partial charge is 0.354 e. The molecule has 0 unspecified atom stereocenters. The highest BCUT2D eigenvalue weighted by atomic mass is 16.1. The molecule has 0 bridgehead atoms. The fraction of sp³-hybridized carbons (Fsp3) is 0. The maximum atomic E-state index is 9.93. The summed E-state index contributed by atoms with van der Waals surface area (Å²) in [5.41, 5.74) is 4.13. The number of carbonyl (C=O) groups excluding carboxylic acids is 1. The van der Waals surface area contributed by atoms with Gasteiger partial charge in [-0.05, 0) is 12.1 Å². The maximum Gasteiger partial charge on any atom is 0.227 e. The van der Waals surface area contributed by atoms with Gasteiger partial charge in [0, 0.05) is 10.9 Å². The summed E-state index contributed by atoms with van der Waals surface area (Å²) < 4.78 is 0. The second-order valence-electron chi connectivity index (χ2n) is 2.82. The smallest absolute Gasteiger partial charge is 0.227 e. The van der Waals surface area contributed by atoms with Crippen LogP contribution in [0.2, 0.25) is 0 Å². The van der Waals surface area contributed by atoms with Crippen molar-refractivity contribution in [2.24, 2.45) is 5.10 Å². The molecule has 0 aliphatic carbocycles. The number of aromatic amines is 1. The first kappa shape index (κ1) is 8.50. The zero-order chi connectivity index (χ0) is 9.80.